The lowest BCUT2D eigenvalue weighted by molar-refractivity contribution is 0.442. The molecule has 0 aliphatic rings. The molecule has 14 heavy (non-hydrogen) atoms. The molecular weight excluding hydrogens is 228 g/mol. The van der Waals surface area contributed by atoms with Crippen molar-refractivity contribution in [1.29, 1.82) is 0 Å². The van der Waals surface area contributed by atoms with Crippen LogP contribution in [0.3, 0.4) is 0 Å². The van der Waals surface area contributed by atoms with Gasteiger partial charge in [0.25, 0.3) is 9.28 Å². The van der Waals surface area contributed by atoms with Gasteiger partial charge in [-0.3, -0.25) is 0 Å². The monoisotopic (exact) mass is 252 g/mol. The van der Waals surface area contributed by atoms with Gasteiger partial charge < -0.3 is 19.7 Å². The zero-order valence-corrected chi connectivity index (χ0v) is 13.0. The third kappa shape index (κ3) is 7.85. The number of hydrogen-bond acceptors (Lipinski definition) is 4. The third-order valence-electron chi connectivity index (χ3n) is 1.99. The summed E-state index contributed by atoms with van der Waals surface area (Å²) in [6, 6.07) is 2.10. The number of hydrogen-bond donors (Lipinski definition) is 2. The van der Waals surface area contributed by atoms with Gasteiger partial charge in [-0.1, -0.05) is 0 Å². The standard InChI is InChI=1S/C7H24N2O2Si3/c1-12(6-4-8)10-14(3)11-13(2)7-5-9/h12-14H,4-9H2,1-3H3. The highest BCUT2D eigenvalue weighted by molar-refractivity contribution is 6.67. The van der Waals surface area contributed by atoms with Crippen molar-refractivity contribution in [2.24, 2.45) is 11.5 Å². The van der Waals surface area contributed by atoms with E-state index in [2.05, 4.69) is 19.6 Å². The Morgan fingerprint density at radius 3 is 1.50 bits per heavy atom. The van der Waals surface area contributed by atoms with Crippen molar-refractivity contribution in [2.75, 3.05) is 13.1 Å². The van der Waals surface area contributed by atoms with E-state index in [1.165, 1.54) is 0 Å². The Labute approximate surface area is 92.3 Å². The van der Waals surface area contributed by atoms with E-state index < -0.39 is 27.4 Å². The van der Waals surface area contributed by atoms with Gasteiger partial charge >= 0.3 is 0 Å². The topological polar surface area (TPSA) is 70.5 Å². The normalized spacial score (nSPS) is 17.8. The van der Waals surface area contributed by atoms with E-state index in [1.807, 2.05) is 0 Å². The molecule has 0 bridgehead atoms. The first kappa shape index (κ1) is 14.5. The molecule has 2 unspecified atom stereocenters. The minimum atomic E-state index is -1.37. The maximum absolute atomic E-state index is 5.88. The highest BCUT2D eigenvalue weighted by Gasteiger charge is 2.15. The predicted molar refractivity (Wildman–Crippen MR) is 68.9 cm³/mol. The van der Waals surface area contributed by atoms with E-state index in [0.29, 0.717) is 0 Å². The Balaban J connectivity index is 3.57. The highest BCUT2D eigenvalue weighted by atomic mass is 28.4. The molecule has 4 N–H and O–H groups in total. The van der Waals surface area contributed by atoms with Crippen LogP contribution >= 0.6 is 0 Å². The fourth-order valence-corrected chi connectivity index (χ4v) is 9.39. The molecule has 0 aliphatic heterocycles. The summed E-state index contributed by atoms with van der Waals surface area (Å²) in [6.45, 7) is 7.97. The molecule has 0 saturated heterocycles. The molecule has 0 heterocycles. The van der Waals surface area contributed by atoms with Crippen LogP contribution in [-0.2, 0) is 8.23 Å². The van der Waals surface area contributed by atoms with Crippen molar-refractivity contribution in [3.63, 3.8) is 0 Å². The average molecular weight is 253 g/mol. The molecule has 0 rings (SSSR count). The molecule has 0 spiro atoms. The number of rotatable bonds is 8. The molecule has 0 amide bonds. The van der Waals surface area contributed by atoms with E-state index >= 15 is 0 Å². The maximum atomic E-state index is 5.88. The van der Waals surface area contributed by atoms with Crippen molar-refractivity contribution in [3.8, 4) is 0 Å². The lowest BCUT2D eigenvalue weighted by Crippen LogP contribution is -2.33. The van der Waals surface area contributed by atoms with E-state index in [0.717, 1.165) is 25.2 Å². The molecule has 0 aromatic carbocycles. The Hall–Kier alpha value is 0.491. The molecule has 2 atom stereocenters. The summed E-state index contributed by atoms with van der Waals surface area (Å²) in [5.74, 6) is 0. The summed E-state index contributed by atoms with van der Waals surface area (Å²) < 4.78 is 11.8. The largest absolute Gasteiger partial charge is 0.441 e. The lowest BCUT2D eigenvalue weighted by Gasteiger charge is -2.20. The molecule has 0 saturated carbocycles. The quantitative estimate of drug-likeness (QED) is 0.571. The summed E-state index contributed by atoms with van der Waals surface area (Å²) >= 11 is 0. The van der Waals surface area contributed by atoms with Crippen molar-refractivity contribution >= 4 is 27.4 Å². The number of nitrogens with two attached hydrogens (primary N) is 2. The minimum Gasteiger partial charge on any atom is -0.441 e. The molecule has 4 nitrogen and oxygen atoms in total. The van der Waals surface area contributed by atoms with Crippen LogP contribution in [0.2, 0.25) is 31.7 Å². The van der Waals surface area contributed by atoms with E-state index in [9.17, 15) is 0 Å². The first-order valence-electron chi connectivity index (χ1n) is 5.31. The molecule has 0 aliphatic carbocycles. The summed E-state index contributed by atoms with van der Waals surface area (Å²) in [5, 5.41) is 0. The molecule has 7 heteroatoms. The van der Waals surface area contributed by atoms with Crippen LogP contribution in [0.5, 0.6) is 0 Å². The third-order valence-corrected chi connectivity index (χ3v) is 11.1. The molecule has 0 aromatic rings. The second kappa shape index (κ2) is 8.77. The van der Waals surface area contributed by atoms with Gasteiger partial charge in [-0.05, 0) is 44.8 Å². The van der Waals surface area contributed by atoms with E-state index in [1.54, 1.807) is 0 Å². The second-order valence-electron chi connectivity index (χ2n) is 3.62. The van der Waals surface area contributed by atoms with Crippen LogP contribution in [0.25, 0.3) is 0 Å². The summed E-state index contributed by atoms with van der Waals surface area (Å²) in [5.41, 5.74) is 11.0. The van der Waals surface area contributed by atoms with Crippen molar-refractivity contribution in [3.05, 3.63) is 0 Å². The summed E-state index contributed by atoms with van der Waals surface area (Å²) in [4.78, 5) is 0. The summed E-state index contributed by atoms with van der Waals surface area (Å²) in [7, 11) is -3.44. The van der Waals surface area contributed by atoms with Crippen LogP contribution < -0.4 is 11.5 Å². The van der Waals surface area contributed by atoms with E-state index in [-0.39, 0.29) is 0 Å². The fraction of sp³-hybridized carbons (Fsp3) is 1.00. The van der Waals surface area contributed by atoms with Gasteiger partial charge in [0.1, 0.15) is 0 Å². The Morgan fingerprint density at radius 2 is 1.21 bits per heavy atom. The second-order valence-corrected chi connectivity index (χ2v) is 11.3. The smallest absolute Gasteiger partial charge is 0.297 e. The Kier molecular flexibility index (Phi) is 9.08. The van der Waals surface area contributed by atoms with E-state index in [4.69, 9.17) is 19.7 Å². The average Bonchev–Trinajstić information content (AvgIpc) is 2.03. The van der Waals surface area contributed by atoms with Gasteiger partial charge in [0.15, 0.2) is 18.1 Å². The van der Waals surface area contributed by atoms with Gasteiger partial charge in [-0.25, -0.2) is 0 Å². The first-order valence-corrected chi connectivity index (χ1v) is 12.3. The highest BCUT2D eigenvalue weighted by Crippen LogP contribution is 2.01. The lowest BCUT2D eigenvalue weighted by atomic mass is 10.8. The van der Waals surface area contributed by atoms with Crippen LogP contribution in [0.1, 0.15) is 0 Å². The zero-order valence-electron chi connectivity index (χ0n) is 9.53. The molecular formula is C7H24N2O2Si3. The predicted octanol–water partition coefficient (Wildman–Crippen LogP) is -0.505. The van der Waals surface area contributed by atoms with Crippen LogP contribution in [-0.4, -0.2) is 40.5 Å². The van der Waals surface area contributed by atoms with Gasteiger partial charge in [-0.15, -0.1) is 0 Å². The molecule has 86 valence electrons. The van der Waals surface area contributed by atoms with Crippen LogP contribution in [0.15, 0.2) is 0 Å². The van der Waals surface area contributed by atoms with Crippen LogP contribution in [0.4, 0.5) is 0 Å². The van der Waals surface area contributed by atoms with Gasteiger partial charge in [0.05, 0.1) is 0 Å². The summed E-state index contributed by atoms with van der Waals surface area (Å²) in [6.07, 6.45) is 0. The Bertz CT molecular complexity index is 128. The van der Waals surface area contributed by atoms with Crippen molar-refractivity contribution < 1.29 is 8.23 Å². The van der Waals surface area contributed by atoms with Crippen LogP contribution in [0, 0.1) is 0 Å². The molecule has 0 aromatic heterocycles. The zero-order chi connectivity index (χ0) is 11.0. The van der Waals surface area contributed by atoms with Crippen molar-refractivity contribution in [1.82, 2.24) is 0 Å². The first-order chi connectivity index (χ1) is 6.60. The maximum Gasteiger partial charge on any atom is 0.297 e. The Morgan fingerprint density at radius 1 is 0.857 bits per heavy atom. The van der Waals surface area contributed by atoms with Gasteiger partial charge in [-0.2, -0.15) is 0 Å². The molecule has 0 fully saturated rings. The minimum absolute atomic E-state index is 0.740. The van der Waals surface area contributed by atoms with Crippen molar-refractivity contribution in [2.45, 2.75) is 31.7 Å². The van der Waals surface area contributed by atoms with Gasteiger partial charge in [0, 0.05) is 0 Å². The fourth-order valence-electron chi connectivity index (χ4n) is 1.29. The van der Waals surface area contributed by atoms with Gasteiger partial charge in [0.2, 0.25) is 0 Å². The SMILES string of the molecule is C[SiH](CCN)O[SiH](C)O[SiH](C)CCN. The molecule has 0 radical (unpaired) electrons.